The molecule has 2 heterocycles. The van der Waals surface area contributed by atoms with Crippen molar-refractivity contribution in [2.24, 2.45) is 0 Å². The third-order valence-electron chi connectivity index (χ3n) is 5.77. The number of nitrogens with zero attached hydrogens (tertiary/aromatic N) is 2. The summed E-state index contributed by atoms with van der Waals surface area (Å²) in [5.74, 6) is 0. The predicted molar refractivity (Wildman–Crippen MR) is 125 cm³/mol. The number of pyridine rings is 1. The fourth-order valence-corrected chi connectivity index (χ4v) is 4.23. The van der Waals surface area contributed by atoms with Crippen molar-refractivity contribution in [3.05, 3.63) is 80.6 Å². The van der Waals surface area contributed by atoms with E-state index in [9.17, 15) is 30.5 Å². The van der Waals surface area contributed by atoms with Crippen LogP contribution in [0, 0.1) is 11.3 Å². The predicted octanol–water partition coefficient (Wildman–Crippen LogP) is 2.33. The molecular weight excluding hydrogens is 483 g/mol. The molecule has 0 radical (unpaired) electrons. The molecule has 34 heavy (non-hydrogen) atoms. The van der Waals surface area contributed by atoms with Gasteiger partial charge in [0.05, 0.1) is 12.3 Å². The number of aromatic nitrogens is 1. The molecule has 0 bridgehead atoms. The molecule has 0 aliphatic carbocycles. The van der Waals surface area contributed by atoms with Gasteiger partial charge < -0.3 is 25.2 Å². The third kappa shape index (κ3) is 4.35. The molecule has 0 spiro atoms. The van der Waals surface area contributed by atoms with Gasteiger partial charge in [-0.25, -0.2) is 0 Å². The molecule has 176 valence electrons. The van der Waals surface area contributed by atoms with E-state index in [0.717, 1.165) is 4.57 Å². The van der Waals surface area contributed by atoms with E-state index in [4.69, 9.17) is 27.9 Å². The fraction of sp³-hybridized carbons (Fsp3) is 0.250. The van der Waals surface area contributed by atoms with E-state index in [0.29, 0.717) is 26.7 Å². The smallest absolute Gasteiger partial charge is 0.271 e. The Bertz CT molecular complexity index is 1290. The summed E-state index contributed by atoms with van der Waals surface area (Å²) in [7, 11) is 0. The van der Waals surface area contributed by atoms with Gasteiger partial charge in [-0.1, -0.05) is 47.5 Å². The van der Waals surface area contributed by atoms with Crippen LogP contribution < -0.4 is 5.56 Å². The Morgan fingerprint density at radius 2 is 1.47 bits per heavy atom. The fourth-order valence-electron chi connectivity index (χ4n) is 3.98. The Balaban J connectivity index is 2.00. The highest BCUT2D eigenvalue weighted by atomic mass is 35.5. The van der Waals surface area contributed by atoms with Crippen LogP contribution in [0.3, 0.4) is 0 Å². The van der Waals surface area contributed by atoms with Crippen LogP contribution in [0.2, 0.25) is 10.0 Å². The number of nitriles is 1. The summed E-state index contributed by atoms with van der Waals surface area (Å²) in [6.45, 7) is -0.666. The van der Waals surface area contributed by atoms with Crippen LogP contribution >= 0.6 is 23.2 Å². The Labute approximate surface area is 204 Å². The Morgan fingerprint density at radius 1 is 0.912 bits per heavy atom. The number of benzene rings is 2. The molecule has 4 rings (SSSR count). The highest BCUT2D eigenvalue weighted by Crippen LogP contribution is 2.35. The number of aliphatic hydroxyl groups is 4. The molecule has 0 saturated carbocycles. The van der Waals surface area contributed by atoms with E-state index in [1.165, 1.54) is 0 Å². The lowest BCUT2D eigenvalue weighted by molar-refractivity contribution is -0.251. The van der Waals surface area contributed by atoms with Crippen molar-refractivity contribution >= 4 is 23.2 Å². The second-order valence-corrected chi connectivity index (χ2v) is 8.71. The Morgan fingerprint density at radius 3 is 2.00 bits per heavy atom. The average molecular weight is 503 g/mol. The zero-order valence-corrected chi connectivity index (χ0v) is 19.1. The van der Waals surface area contributed by atoms with E-state index < -0.39 is 42.8 Å². The molecule has 4 N–H and O–H groups in total. The monoisotopic (exact) mass is 502 g/mol. The van der Waals surface area contributed by atoms with Crippen molar-refractivity contribution < 1.29 is 25.2 Å². The lowest BCUT2D eigenvalue weighted by atomic mass is 9.95. The largest absolute Gasteiger partial charge is 0.394 e. The van der Waals surface area contributed by atoms with Gasteiger partial charge in [-0.05, 0) is 41.5 Å². The van der Waals surface area contributed by atoms with Crippen molar-refractivity contribution in [2.45, 2.75) is 30.6 Å². The standard InChI is InChI=1S/C24H20Cl2N2O6/c25-14-5-1-12(2-6-14)16-9-18(13-3-7-15(26)8-4-13)28(23(33)17(16)10-27)24-22(32)21(31)20(30)19(11-29)34-24/h1-9,19-22,24,29-32H,11H2/t19-,20-,21+,22-,24-/m1/s1. The minimum atomic E-state index is -1.73. The second-order valence-electron chi connectivity index (χ2n) is 7.84. The topological polar surface area (TPSA) is 136 Å². The van der Waals surface area contributed by atoms with Gasteiger partial charge in [0.1, 0.15) is 36.0 Å². The quantitative estimate of drug-likeness (QED) is 0.429. The minimum absolute atomic E-state index is 0.225. The van der Waals surface area contributed by atoms with Crippen LogP contribution in [-0.2, 0) is 4.74 Å². The van der Waals surface area contributed by atoms with Gasteiger partial charge in [-0.15, -0.1) is 0 Å². The summed E-state index contributed by atoms with van der Waals surface area (Å²) in [6, 6.07) is 16.6. The van der Waals surface area contributed by atoms with Crippen molar-refractivity contribution in [2.75, 3.05) is 6.61 Å². The zero-order valence-electron chi connectivity index (χ0n) is 17.5. The molecule has 5 atom stereocenters. The van der Waals surface area contributed by atoms with Gasteiger partial charge in [0.2, 0.25) is 0 Å². The maximum Gasteiger partial charge on any atom is 0.271 e. The molecular formula is C24H20Cl2N2O6. The number of hydrogen-bond donors (Lipinski definition) is 4. The summed E-state index contributed by atoms with van der Waals surface area (Å²) in [5.41, 5.74) is 0.651. The summed E-state index contributed by atoms with van der Waals surface area (Å²) in [5, 5.41) is 51.5. The molecule has 1 aliphatic heterocycles. The van der Waals surface area contributed by atoms with Gasteiger partial charge in [0.25, 0.3) is 5.56 Å². The van der Waals surface area contributed by atoms with Crippen molar-refractivity contribution in [1.29, 1.82) is 5.26 Å². The van der Waals surface area contributed by atoms with Crippen LogP contribution in [0.15, 0.2) is 59.4 Å². The maximum atomic E-state index is 13.6. The molecule has 2 aromatic carbocycles. The second kappa shape index (κ2) is 9.86. The van der Waals surface area contributed by atoms with Gasteiger partial charge in [0.15, 0.2) is 6.23 Å². The highest BCUT2D eigenvalue weighted by molar-refractivity contribution is 6.30. The first kappa shape index (κ1) is 24.4. The number of rotatable bonds is 4. The molecule has 0 amide bonds. The lowest BCUT2D eigenvalue weighted by Gasteiger charge is -2.41. The number of aliphatic hydroxyl groups excluding tert-OH is 4. The summed E-state index contributed by atoms with van der Waals surface area (Å²) in [4.78, 5) is 13.6. The molecule has 1 aliphatic rings. The van der Waals surface area contributed by atoms with E-state index in [2.05, 4.69) is 0 Å². The van der Waals surface area contributed by atoms with Crippen molar-refractivity contribution in [1.82, 2.24) is 4.57 Å². The van der Waals surface area contributed by atoms with Crippen LogP contribution in [0.25, 0.3) is 22.4 Å². The molecule has 10 heteroatoms. The molecule has 8 nitrogen and oxygen atoms in total. The zero-order chi connectivity index (χ0) is 24.6. The van der Waals surface area contributed by atoms with Crippen LogP contribution in [0.4, 0.5) is 0 Å². The number of hydrogen-bond acceptors (Lipinski definition) is 7. The first-order valence-electron chi connectivity index (χ1n) is 10.3. The van der Waals surface area contributed by atoms with E-state index in [1.807, 2.05) is 6.07 Å². The normalized spacial score (nSPS) is 24.6. The molecule has 1 aromatic heterocycles. The Hall–Kier alpha value is -2.74. The third-order valence-corrected chi connectivity index (χ3v) is 6.28. The van der Waals surface area contributed by atoms with Gasteiger partial charge >= 0.3 is 0 Å². The summed E-state index contributed by atoms with van der Waals surface area (Å²) in [6.07, 6.45) is -7.78. The highest BCUT2D eigenvalue weighted by Gasteiger charge is 2.45. The SMILES string of the molecule is N#Cc1c(-c2ccc(Cl)cc2)cc(-c2ccc(Cl)cc2)n([C@@H]2O[C@H](CO)[C@@H](O)[C@H](O)[C@H]2O)c1=O. The van der Waals surface area contributed by atoms with Crippen LogP contribution in [0.5, 0.6) is 0 Å². The van der Waals surface area contributed by atoms with Gasteiger partial charge in [-0.3, -0.25) is 9.36 Å². The average Bonchev–Trinajstić information content (AvgIpc) is 2.84. The van der Waals surface area contributed by atoms with Crippen molar-refractivity contribution in [3.63, 3.8) is 0 Å². The summed E-state index contributed by atoms with van der Waals surface area (Å²) < 4.78 is 6.69. The molecule has 1 fully saturated rings. The van der Waals surface area contributed by atoms with Crippen molar-refractivity contribution in [3.8, 4) is 28.5 Å². The van der Waals surface area contributed by atoms with Gasteiger partial charge in [-0.2, -0.15) is 5.26 Å². The number of halogens is 2. The minimum Gasteiger partial charge on any atom is -0.394 e. The Kier molecular flexibility index (Phi) is 7.07. The van der Waals surface area contributed by atoms with E-state index in [1.54, 1.807) is 54.6 Å². The lowest BCUT2D eigenvalue weighted by Crippen LogP contribution is -2.57. The van der Waals surface area contributed by atoms with Crippen LogP contribution in [-0.4, -0.2) is 56.0 Å². The first-order chi connectivity index (χ1) is 16.3. The summed E-state index contributed by atoms with van der Waals surface area (Å²) >= 11 is 12.0. The molecule has 3 aromatic rings. The van der Waals surface area contributed by atoms with Crippen LogP contribution in [0.1, 0.15) is 11.8 Å². The van der Waals surface area contributed by atoms with Gasteiger partial charge in [0, 0.05) is 15.6 Å². The maximum absolute atomic E-state index is 13.6. The van der Waals surface area contributed by atoms with E-state index in [-0.39, 0.29) is 11.3 Å². The molecule has 1 saturated heterocycles. The number of ether oxygens (including phenoxy) is 1. The first-order valence-corrected chi connectivity index (χ1v) is 11.0. The molecule has 0 unspecified atom stereocenters. The van der Waals surface area contributed by atoms with E-state index >= 15 is 0 Å².